The van der Waals surface area contributed by atoms with Gasteiger partial charge in [-0.2, -0.15) is 0 Å². The first-order valence-corrected chi connectivity index (χ1v) is 5.34. The van der Waals surface area contributed by atoms with E-state index in [4.69, 9.17) is 9.84 Å². The van der Waals surface area contributed by atoms with Gasteiger partial charge in [0.15, 0.2) is 5.60 Å². The largest absolute Gasteiger partial charge is 0.479 e. The molecule has 82 valence electrons. The zero-order chi connectivity index (χ0) is 10.8. The van der Waals surface area contributed by atoms with Gasteiger partial charge in [-0.3, -0.25) is 0 Å². The Morgan fingerprint density at radius 2 is 2.14 bits per heavy atom. The highest BCUT2D eigenvalue weighted by atomic mass is 16.5. The van der Waals surface area contributed by atoms with E-state index in [-0.39, 0.29) is 5.92 Å². The van der Waals surface area contributed by atoms with Gasteiger partial charge in [-0.25, -0.2) is 4.79 Å². The molecule has 1 unspecified atom stereocenters. The SMILES string of the molecule is CC(C)CCOC(C)(C(=O)O)C1CC1. The van der Waals surface area contributed by atoms with Crippen LogP contribution in [0.5, 0.6) is 0 Å². The van der Waals surface area contributed by atoms with Crippen molar-refractivity contribution in [1.82, 2.24) is 0 Å². The molecule has 0 heterocycles. The lowest BCUT2D eigenvalue weighted by molar-refractivity contribution is -0.167. The zero-order valence-electron chi connectivity index (χ0n) is 9.25. The van der Waals surface area contributed by atoms with Crippen LogP contribution in [0, 0.1) is 11.8 Å². The number of aliphatic carboxylic acids is 1. The van der Waals surface area contributed by atoms with Crippen molar-refractivity contribution in [2.45, 2.75) is 45.6 Å². The average molecular weight is 200 g/mol. The molecule has 1 fully saturated rings. The van der Waals surface area contributed by atoms with Gasteiger partial charge in [0.1, 0.15) is 0 Å². The van der Waals surface area contributed by atoms with Crippen molar-refractivity contribution in [2.24, 2.45) is 11.8 Å². The van der Waals surface area contributed by atoms with E-state index in [1.807, 2.05) is 0 Å². The summed E-state index contributed by atoms with van der Waals surface area (Å²) in [7, 11) is 0. The maximum Gasteiger partial charge on any atom is 0.335 e. The standard InChI is InChI=1S/C11H20O3/c1-8(2)6-7-14-11(3,10(12)13)9-4-5-9/h8-9H,4-7H2,1-3H3,(H,12,13). The van der Waals surface area contributed by atoms with Crippen LogP contribution in [0.2, 0.25) is 0 Å². The summed E-state index contributed by atoms with van der Waals surface area (Å²) < 4.78 is 5.53. The van der Waals surface area contributed by atoms with Crippen molar-refractivity contribution < 1.29 is 14.6 Å². The summed E-state index contributed by atoms with van der Waals surface area (Å²) >= 11 is 0. The van der Waals surface area contributed by atoms with E-state index in [1.54, 1.807) is 6.92 Å². The first-order chi connectivity index (χ1) is 6.47. The van der Waals surface area contributed by atoms with Gasteiger partial charge < -0.3 is 9.84 Å². The predicted molar refractivity (Wildman–Crippen MR) is 54.2 cm³/mol. The van der Waals surface area contributed by atoms with E-state index >= 15 is 0 Å². The minimum atomic E-state index is -0.936. The van der Waals surface area contributed by atoms with Crippen LogP contribution in [0.4, 0.5) is 0 Å². The molecule has 0 spiro atoms. The molecule has 3 heteroatoms. The minimum Gasteiger partial charge on any atom is -0.479 e. The molecule has 0 bridgehead atoms. The molecule has 0 radical (unpaired) electrons. The monoisotopic (exact) mass is 200 g/mol. The van der Waals surface area contributed by atoms with Crippen molar-refractivity contribution in [1.29, 1.82) is 0 Å². The number of hydrogen-bond acceptors (Lipinski definition) is 2. The van der Waals surface area contributed by atoms with Crippen LogP contribution in [0.3, 0.4) is 0 Å². The Bertz CT molecular complexity index is 209. The fourth-order valence-corrected chi connectivity index (χ4v) is 1.50. The van der Waals surface area contributed by atoms with Gasteiger partial charge in [0, 0.05) is 6.61 Å². The predicted octanol–water partition coefficient (Wildman–Crippen LogP) is 2.30. The van der Waals surface area contributed by atoms with Crippen molar-refractivity contribution in [3.05, 3.63) is 0 Å². The van der Waals surface area contributed by atoms with Crippen molar-refractivity contribution in [2.75, 3.05) is 6.61 Å². The molecule has 0 aliphatic heterocycles. The zero-order valence-corrected chi connectivity index (χ0v) is 9.25. The molecule has 1 aliphatic carbocycles. The van der Waals surface area contributed by atoms with E-state index in [1.165, 1.54) is 0 Å². The number of ether oxygens (including phenoxy) is 1. The normalized spacial score (nSPS) is 20.9. The maximum atomic E-state index is 11.1. The Morgan fingerprint density at radius 3 is 2.50 bits per heavy atom. The summed E-state index contributed by atoms with van der Waals surface area (Å²) in [5.41, 5.74) is -0.936. The fraction of sp³-hybridized carbons (Fsp3) is 0.909. The van der Waals surface area contributed by atoms with Gasteiger partial charge in [-0.1, -0.05) is 13.8 Å². The molecule has 3 nitrogen and oxygen atoms in total. The lowest BCUT2D eigenvalue weighted by atomic mass is 10.0. The van der Waals surface area contributed by atoms with Crippen molar-refractivity contribution in [3.63, 3.8) is 0 Å². The van der Waals surface area contributed by atoms with Gasteiger partial charge in [-0.05, 0) is 38.0 Å². The second kappa shape index (κ2) is 4.30. The lowest BCUT2D eigenvalue weighted by Gasteiger charge is -2.25. The molecule has 1 N–H and O–H groups in total. The summed E-state index contributed by atoms with van der Waals surface area (Å²) in [5.74, 6) is -0.0248. The lowest BCUT2D eigenvalue weighted by Crippen LogP contribution is -2.41. The van der Waals surface area contributed by atoms with E-state index in [2.05, 4.69) is 13.8 Å². The number of carboxylic acid groups (broad SMARTS) is 1. The number of carbonyl (C=O) groups is 1. The molecule has 0 aromatic heterocycles. The molecule has 1 atom stereocenters. The molecule has 1 saturated carbocycles. The molecule has 1 rings (SSSR count). The molecule has 1 aliphatic rings. The van der Waals surface area contributed by atoms with Crippen LogP contribution in [-0.4, -0.2) is 23.3 Å². The fourth-order valence-electron chi connectivity index (χ4n) is 1.50. The molecule has 0 saturated heterocycles. The number of rotatable bonds is 6. The Hall–Kier alpha value is -0.570. The van der Waals surface area contributed by atoms with Crippen molar-refractivity contribution >= 4 is 5.97 Å². The maximum absolute atomic E-state index is 11.1. The van der Waals surface area contributed by atoms with Gasteiger partial charge in [0.25, 0.3) is 0 Å². The highest BCUT2D eigenvalue weighted by Gasteiger charge is 2.48. The minimum absolute atomic E-state index is 0.229. The Morgan fingerprint density at radius 1 is 1.57 bits per heavy atom. The topological polar surface area (TPSA) is 46.5 Å². The summed E-state index contributed by atoms with van der Waals surface area (Å²) in [5, 5.41) is 9.08. The van der Waals surface area contributed by atoms with Crippen LogP contribution in [-0.2, 0) is 9.53 Å². The summed E-state index contributed by atoms with van der Waals surface area (Å²) in [6.45, 7) is 6.47. The second-order valence-electron chi connectivity index (χ2n) is 4.72. The summed E-state index contributed by atoms with van der Waals surface area (Å²) in [4.78, 5) is 11.1. The molecule has 0 aromatic rings. The van der Waals surface area contributed by atoms with Gasteiger partial charge in [-0.15, -0.1) is 0 Å². The van der Waals surface area contributed by atoms with Gasteiger partial charge >= 0.3 is 5.97 Å². The summed E-state index contributed by atoms with van der Waals surface area (Å²) in [6, 6.07) is 0. The smallest absolute Gasteiger partial charge is 0.335 e. The van der Waals surface area contributed by atoms with Crippen LogP contribution < -0.4 is 0 Å². The van der Waals surface area contributed by atoms with Gasteiger partial charge in [0.05, 0.1) is 0 Å². The molecule has 0 amide bonds. The van der Waals surface area contributed by atoms with Crippen LogP contribution in [0.25, 0.3) is 0 Å². The molecule has 14 heavy (non-hydrogen) atoms. The van der Waals surface area contributed by atoms with Gasteiger partial charge in [0.2, 0.25) is 0 Å². The Balaban J connectivity index is 2.40. The van der Waals surface area contributed by atoms with E-state index in [0.29, 0.717) is 12.5 Å². The number of hydrogen-bond donors (Lipinski definition) is 1. The van der Waals surface area contributed by atoms with Crippen LogP contribution in [0.15, 0.2) is 0 Å². The van der Waals surface area contributed by atoms with E-state index in [9.17, 15) is 4.79 Å². The average Bonchev–Trinajstić information content (AvgIpc) is 2.84. The quantitative estimate of drug-likeness (QED) is 0.715. The van der Waals surface area contributed by atoms with E-state index < -0.39 is 11.6 Å². The highest BCUT2D eigenvalue weighted by Crippen LogP contribution is 2.42. The molecule has 0 aromatic carbocycles. The van der Waals surface area contributed by atoms with Crippen molar-refractivity contribution in [3.8, 4) is 0 Å². The Kier molecular flexibility index (Phi) is 3.53. The van der Waals surface area contributed by atoms with Crippen LogP contribution in [0.1, 0.15) is 40.0 Å². The van der Waals surface area contributed by atoms with E-state index in [0.717, 1.165) is 19.3 Å². The third-order valence-electron chi connectivity index (χ3n) is 2.88. The summed E-state index contributed by atoms with van der Waals surface area (Å²) in [6.07, 6.45) is 2.91. The second-order valence-corrected chi connectivity index (χ2v) is 4.72. The molecular weight excluding hydrogens is 180 g/mol. The molecular formula is C11H20O3. The third kappa shape index (κ3) is 2.71. The third-order valence-corrected chi connectivity index (χ3v) is 2.88. The Labute approximate surface area is 85.5 Å². The van der Waals surface area contributed by atoms with Crippen LogP contribution >= 0.6 is 0 Å². The number of carboxylic acids is 1. The first-order valence-electron chi connectivity index (χ1n) is 5.34. The highest BCUT2D eigenvalue weighted by molar-refractivity contribution is 5.77. The first kappa shape index (κ1) is 11.5.